The van der Waals surface area contributed by atoms with Crippen LogP contribution in [0.1, 0.15) is 57.9 Å². The summed E-state index contributed by atoms with van der Waals surface area (Å²) in [4.78, 5) is 13.5. The van der Waals surface area contributed by atoms with Gasteiger partial charge in [-0.3, -0.25) is 4.79 Å². The van der Waals surface area contributed by atoms with Crippen molar-refractivity contribution in [2.45, 2.75) is 64.9 Å². The van der Waals surface area contributed by atoms with Crippen LogP contribution in [0, 0.1) is 17.8 Å². The van der Waals surface area contributed by atoms with Gasteiger partial charge in [-0.1, -0.05) is 38.1 Å². The molecule has 186 valence electrons. The van der Waals surface area contributed by atoms with E-state index in [1.807, 2.05) is 0 Å². The van der Waals surface area contributed by atoms with E-state index in [0.29, 0.717) is 17.9 Å². The van der Waals surface area contributed by atoms with Gasteiger partial charge in [0.05, 0.1) is 12.0 Å². The van der Waals surface area contributed by atoms with Crippen molar-refractivity contribution in [2.75, 3.05) is 32.8 Å². The highest BCUT2D eigenvalue weighted by Gasteiger charge is 2.24. The quantitative estimate of drug-likeness (QED) is 0.479. The zero-order valence-corrected chi connectivity index (χ0v) is 20.9. The highest BCUT2D eigenvalue weighted by molar-refractivity contribution is 5.84. The molecule has 1 saturated carbocycles. The fraction of sp³-hybridized carbons (Fsp3) is 0.621. The molecule has 4 rings (SSSR count). The number of carbonyl (C=O) groups is 1. The largest absolute Gasteiger partial charge is 0.490 e. The molecule has 0 aromatic heterocycles. The van der Waals surface area contributed by atoms with Crippen LogP contribution >= 0.6 is 0 Å². The maximum atomic E-state index is 11.1. The lowest BCUT2D eigenvalue weighted by Gasteiger charge is -2.30. The number of carboxylic acids is 1. The molecule has 2 fully saturated rings. The molecule has 0 radical (unpaired) electrons. The predicted octanol–water partition coefficient (Wildman–Crippen LogP) is 5.79. The standard InChI is InChI=1S/C29H41NO4/c1-21(2)19-33-20-23-4-8-27(9-5-23)34-28-10-7-25-17-22(3-6-26(25)18-28)11-14-30-15-12-24(13-16-30)29(31)32/h3,6-7,10,17-18,21,23-24,27H,4-5,8-9,11-16,19-20H2,1-2H3,(H,31,32). The number of carboxylic acid groups (broad SMARTS) is 1. The molecule has 1 aliphatic carbocycles. The molecule has 5 nitrogen and oxygen atoms in total. The molecule has 0 unspecified atom stereocenters. The molecule has 1 heterocycles. The lowest BCUT2D eigenvalue weighted by atomic mass is 9.88. The van der Waals surface area contributed by atoms with Crippen molar-refractivity contribution in [3.8, 4) is 5.75 Å². The second-order valence-corrected chi connectivity index (χ2v) is 10.7. The summed E-state index contributed by atoms with van der Waals surface area (Å²) in [6.07, 6.45) is 7.43. The highest BCUT2D eigenvalue weighted by Crippen LogP contribution is 2.30. The van der Waals surface area contributed by atoms with Crippen molar-refractivity contribution in [3.05, 3.63) is 42.0 Å². The topological polar surface area (TPSA) is 59.0 Å². The SMILES string of the molecule is CC(C)COCC1CCC(Oc2ccc3cc(CCN4CCC(C(=O)O)CC4)ccc3c2)CC1. The second kappa shape index (κ2) is 12.0. The van der Waals surface area contributed by atoms with Crippen LogP contribution in [-0.4, -0.2) is 54.9 Å². The van der Waals surface area contributed by atoms with E-state index in [9.17, 15) is 4.79 Å². The highest BCUT2D eigenvalue weighted by atomic mass is 16.5. The van der Waals surface area contributed by atoms with Gasteiger partial charge < -0.3 is 19.5 Å². The molecule has 2 aromatic carbocycles. The number of rotatable bonds is 10. The molecular formula is C29H41NO4. The lowest BCUT2D eigenvalue weighted by Crippen LogP contribution is -2.37. The third kappa shape index (κ3) is 7.19. The van der Waals surface area contributed by atoms with Crippen LogP contribution in [0.2, 0.25) is 0 Å². The van der Waals surface area contributed by atoms with E-state index in [1.54, 1.807) is 0 Å². The summed E-state index contributed by atoms with van der Waals surface area (Å²) < 4.78 is 12.2. The van der Waals surface area contributed by atoms with E-state index < -0.39 is 5.97 Å². The number of benzene rings is 2. The van der Waals surface area contributed by atoms with Crippen molar-refractivity contribution in [2.24, 2.45) is 17.8 Å². The van der Waals surface area contributed by atoms with E-state index in [0.717, 1.165) is 70.7 Å². The smallest absolute Gasteiger partial charge is 0.306 e. The number of hydrogen-bond acceptors (Lipinski definition) is 4. The summed E-state index contributed by atoms with van der Waals surface area (Å²) in [5.74, 6) is 1.45. The monoisotopic (exact) mass is 467 g/mol. The number of hydrogen-bond donors (Lipinski definition) is 1. The van der Waals surface area contributed by atoms with Crippen LogP contribution in [-0.2, 0) is 16.0 Å². The van der Waals surface area contributed by atoms with Gasteiger partial charge >= 0.3 is 5.97 Å². The third-order valence-electron chi connectivity index (χ3n) is 7.43. The number of piperidine rings is 1. The first-order chi connectivity index (χ1) is 16.5. The Labute approximate surface area is 204 Å². The molecular weight excluding hydrogens is 426 g/mol. The number of nitrogens with zero attached hydrogens (tertiary/aromatic N) is 1. The van der Waals surface area contributed by atoms with Crippen molar-refractivity contribution < 1.29 is 19.4 Å². The number of likely N-dealkylation sites (tertiary alicyclic amines) is 1. The Morgan fingerprint density at radius 3 is 2.41 bits per heavy atom. The molecule has 34 heavy (non-hydrogen) atoms. The summed E-state index contributed by atoms with van der Waals surface area (Å²) in [6.45, 7) is 8.92. The van der Waals surface area contributed by atoms with Gasteiger partial charge in [0, 0.05) is 19.8 Å². The average molecular weight is 468 g/mol. The van der Waals surface area contributed by atoms with Crippen LogP contribution in [0.5, 0.6) is 5.75 Å². The number of aliphatic carboxylic acids is 1. The Balaban J connectivity index is 1.23. The van der Waals surface area contributed by atoms with Gasteiger partial charge in [-0.05, 0) is 98.3 Å². The molecule has 0 bridgehead atoms. The molecule has 0 spiro atoms. The zero-order chi connectivity index (χ0) is 23.9. The summed E-state index contributed by atoms with van der Waals surface area (Å²) in [5, 5.41) is 11.6. The molecule has 2 aliphatic rings. The minimum Gasteiger partial charge on any atom is -0.490 e. The summed E-state index contributed by atoms with van der Waals surface area (Å²) in [5.41, 5.74) is 1.33. The fourth-order valence-corrected chi connectivity index (χ4v) is 5.27. The van der Waals surface area contributed by atoms with Crippen LogP contribution in [0.4, 0.5) is 0 Å². The molecule has 2 aromatic rings. The Morgan fingerprint density at radius 2 is 1.71 bits per heavy atom. The maximum Gasteiger partial charge on any atom is 0.306 e. The minimum atomic E-state index is -0.642. The van der Waals surface area contributed by atoms with Crippen LogP contribution in [0.3, 0.4) is 0 Å². The van der Waals surface area contributed by atoms with Crippen molar-refractivity contribution >= 4 is 16.7 Å². The summed E-state index contributed by atoms with van der Waals surface area (Å²) in [6, 6.07) is 13.2. The molecule has 1 N–H and O–H groups in total. The first kappa shape index (κ1) is 25.0. The lowest BCUT2D eigenvalue weighted by molar-refractivity contribution is -0.143. The van der Waals surface area contributed by atoms with Crippen molar-refractivity contribution in [3.63, 3.8) is 0 Å². The summed E-state index contributed by atoms with van der Waals surface area (Å²) >= 11 is 0. The Hall–Kier alpha value is -2.11. The maximum absolute atomic E-state index is 11.1. The predicted molar refractivity (Wildman–Crippen MR) is 136 cm³/mol. The van der Waals surface area contributed by atoms with E-state index in [1.165, 1.54) is 29.2 Å². The normalized spacial score (nSPS) is 22.3. The van der Waals surface area contributed by atoms with Gasteiger partial charge in [-0.25, -0.2) is 0 Å². The van der Waals surface area contributed by atoms with Crippen molar-refractivity contribution in [1.29, 1.82) is 0 Å². The molecule has 1 saturated heterocycles. The van der Waals surface area contributed by atoms with Gasteiger partial charge in [-0.2, -0.15) is 0 Å². The van der Waals surface area contributed by atoms with E-state index in [4.69, 9.17) is 14.6 Å². The van der Waals surface area contributed by atoms with Crippen molar-refractivity contribution in [1.82, 2.24) is 4.90 Å². The molecule has 0 atom stereocenters. The van der Waals surface area contributed by atoms with Gasteiger partial charge in [0.2, 0.25) is 0 Å². The first-order valence-corrected chi connectivity index (χ1v) is 13.2. The van der Waals surface area contributed by atoms with Gasteiger partial charge in [0.1, 0.15) is 5.75 Å². The fourth-order valence-electron chi connectivity index (χ4n) is 5.27. The Kier molecular flexibility index (Phi) is 8.85. The molecule has 1 aliphatic heterocycles. The minimum absolute atomic E-state index is 0.160. The van der Waals surface area contributed by atoms with Crippen LogP contribution in [0.15, 0.2) is 36.4 Å². The number of fused-ring (bicyclic) bond motifs is 1. The second-order valence-electron chi connectivity index (χ2n) is 10.7. The molecule has 5 heteroatoms. The summed E-state index contributed by atoms with van der Waals surface area (Å²) in [7, 11) is 0. The van der Waals surface area contributed by atoms with E-state index >= 15 is 0 Å². The number of ether oxygens (including phenoxy) is 2. The first-order valence-electron chi connectivity index (χ1n) is 13.2. The Morgan fingerprint density at radius 1 is 1.00 bits per heavy atom. The van der Waals surface area contributed by atoms with E-state index in [-0.39, 0.29) is 5.92 Å². The van der Waals surface area contributed by atoms with Gasteiger partial charge in [0.15, 0.2) is 0 Å². The van der Waals surface area contributed by atoms with Gasteiger partial charge in [0.25, 0.3) is 0 Å². The molecule has 0 amide bonds. The van der Waals surface area contributed by atoms with Crippen LogP contribution in [0.25, 0.3) is 10.8 Å². The third-order valence-corrected chi connectivity index (χ3v) is 7.43. The van der Waals surface area contributed by atoms with Crippen LogP contribution < -0.4 is 4.74 Å². The zero-order valence-electron chi connectivity index (χ0n) is 20.9. The average Bonchev–Trinajstić information content (AvgIpc) is 2.84. The Bertz CT molecular complexity index is 927. The van der Waals surface area contributed by atoms with E-state index in [2.05, 4.69) is 55.1 Å². The van der Waals surface area contributed by atoms with Gasteiger partial charge in [-0.15, -0.1) is 0 Å².